The first-order chi connectivity index (χ1) is 9.06. The topological polar surface area (TPSA) is 29.1 Å². The molecule has 0 aliphatic heterocycles. The van der Waals surface area contributed by atoms with Crippen LogP contribution in [0.5, 0.6) is 0 Å². The summed E-state index contributed by atoms with van der Waals surface area (Å²) < 4.78 is 0. The second-order valence-corrected chi connectivity index (χ2v) is 6.82. The number of amides is 1. The van der Waals surface area contributed by atoms with Crippen molar-refractivity contribution < 1.29 is 4.79 Å². The van der Waals surface area contributed by atoms with E-state index in [9.17, 15) is 4.79 Å². The van der Waals surface area contributed by atoms with Crippen molar-refractivity contribution in [3.05, 3.63) is 34.9 Å². The van der Waals surface area contributed by atoms with E-state index in [1.165, 1.54) is 25.7 Å². The van der Waals surface area contributed by atoms with Crippen molar-refractivity contribution >= 4 is 21.8 Å². The lowest BCUT2D eigenvalue weighted by Crippen LogP contribution is -2.34. The van der Waals surface area contributed by atoms with Gasteiger partial charge in [0.15, 0.2) is 0 Å². The smallest absolute Gasteiger partial charge is 0.251 e. The molecule has 104 valence electrons. The fraction of sp³-hybridized carbons (Fsp3) is 0.562. The van der Waals surface area contributed by atoms with E-state index < -0.39 is 0 Å². The molecule has 2 nitrogen and oxygen atoms in total. The summed E-state index contributed by atoms with van der Waals surface area (Å²) in [6, 6.07) is 6.00. The summed E-state index contributed by atoms with van der Waals surface area (Å²) in [5.41, 5.74) is 3.06. The Morgan fingerprint density at radius 3 is 2.47 bits per heavy atom. The van der Waals surface area contributed by atoms with Gasteiger partial charge >= 0.3 is 0 Å². The molecule has 1 aromatic carbocycles. The molecule has 2 rings (SSSR count). The van der Waals surface area contributed by atoms with Gasteiger partial charge in [0.2, 0.25) is 0 Å². The molecule has 1 fully saturated rings. The Hall–Kier alpha value is -0.830. The largest absolute Gasteiger partial charge is 0.352 e. The number of aryl methyl sites for hydroxylation is 2. The van der Waals surface area contributed by atoms with Gasteiger partial charge < -0.3 is 5.32 Å². The zero-order valence-electron chi connectivity index (χ0n) is 11.7. The Labute approximate surface area is 124 Å². The molecule has 1 saturated carbocycles. The van der Waals surface area contributed by atoms with E-state index in [1.807, 2.05) is 26.0 Å². The van der Waals surface area contributed by atoms with Gasteiger partial charge in [-0.15, -0.1) is 0 Å². The summed E-state index contributed by atoms with van der Waals surface area (Å²) in [7, 11) is 0. The van der Waals surface area contributed by atoms with Gasteiger partial charge in [0.1, 0.15) is 0 Å². The molecule has 1 aromatic rings. The van der Waals surface area contributed by atoms with Gasteiger partial charge in [0, 0.05) is 16.9 Å². The maximum atomic E-state index is 12.2. The quantitative estimate of drug-likeness (QED) is 0.837. The van der Waals surface area contributed by atoms with Crippen LogP contribution < -0.4 is 5.32 Å². The van der Waals surface area contributed by atoms with Crippen LogP contribution in [0.1, 0.15) is 47.2 Å². The third kappa shape index (κ3) is 4.07. The monoisotopic (exact) mass is 323 g/mol. The highest BCUT2D eigenvalue weighted by molar-refractivity contribution is 9.09. The summed E-state index contributed by atoms with van der Waals surface area (Å²) in [6.07, 6.45) is 5.02. The van der Waals surface area contributed by atoms with Crippen molar-refractivity contribution in [3.8, 4) is 0 Å². The third-order valence-electron chi connectivity index (χ3n) is 3.83. The fourth-order valence-corrected chi connectivity index (χ4v) is 3.60. The summed E-state index contributed by atoms with van der Waals surface area (Å²) in [5.74, 6) is 0.626. The summed E-state index contributed by atoms with van der Waals surface area (Å²) in [6.45, 7) is 4.83. The second-order valence-electron chi connectivity index (χ2n) is 5.65. The number of hydrogen-bond acceptors (Lipinski definition) is 1. The number of benzene rings is 1. The minimum atomic E-state index is 0.0528. The predicted octanol–water partition coefficient (Wildman–Crippen LogP) is 3.99. The molecule has 1 amide bonds. The lowest BCUT2D eigenvalue weighted by Gasteiger charge is -2.27. The van der Waals surface area contributed by atoms with Crippen LogP contribution in [0, 0.1) is 19.8 Å². The van der Waals surface area contributed by atoms with Crippen LogP contribution in [0.3, 0.4) is 0 Å². The first-order valence-corrected chi connectivity index (χ1v) is 7.98. The minimum Gasteiger partial charge on any atom is -0.352 e. The van der Waals surface area contributed by atoms with Gasteiger partial charge in [-0.05, 0) is 44.7 Å². The molecule has 0 aromatic heterocycles. The predicted molar refractivity (Wildman–Crippen MR) is 82.9 cm³/mol. The van der Waals surface area contributed by atoms with E-state index in [-0.39, 0.29) is 5.91 Å². The van der Waals surface area contributed by atoms with Crippen LogP contribution in [-0.4, -0.2) is 17.3 Å². The molecule has 1 N–H and O–H groups in total. The highest BCUT2D eigenvalue weighted by Gasteiger charge is 2.23. The number of alkyl halides is 1. The number of nitrogens with one attached hydrogen (secondary N) is 1. The van der Waals surface area contributed by atoms with E-state index >= 15 is 0 Å². The SMILES string of the molecule is Cc1cc(C)cc(C(=O)NCC2CCCCC2Br)c1. The number of hydrogen-bond donors (Lipinski definition) is 1. The fourth-order valence-electron chi connectivity index (χ4n) is 2.82. The first-order valence-electron chi connectivity index (χ1n) is 7.07. The van der Waals surface area contributed by atoms with Gasteiger partial charge in [-0.25, -0.2) is 0 Å². The number of carbonyl (C=O) groups excluding carboxylic acids is 1. The van der Waals surface area contributed by atoms with E-state index in [0.29, 0.717) is 10.7 Å². The first kappa shape index (κ1) is 14.6. The molecule has 2 unspecified atom stereocenters. The molecule has 0 spiro atoms. The molecule has 0 saturated heterocycles. The van der Waals surface area contributed by atoms with Crippen LogP contribution >= 0.6 is 15.9 Å². The maximum Gasteiger partial charge on any atom is 0.251 e. The van der Waals surface area contributed by atoms with E-state index in [4.69, 9.17) is 0 Å². The lowest BCUT2D eigenvalue weighted by molar-refractivity contribution is 0.0944. The lowest BCUT2D eigenvalue weighted by atomic mass is 9.89. The highest BCUT2D eigenvalue weighted by Crippen LogP contribution is 2.29. The molecular weight excluding hydrogens is 302 g/mol. The number of rotatable bonds is 3. The molecule has 1 aliphatic rings. The number of halogens is 1. The molecule has 0 heterocycles. The van der Waals surface area contributed by atoms with Crippen LogP contribution in [0.2, 0.25) is 0 Å². The van der Waals surface area contributed by atoms with Crippen LogP contribution in [0.4, 0.5) is 0 Å². The maximum absolute atomic E-state index is 12.2. The Bertz CT molecular complexity index is 438. The minimum absolute atomic E-state index is 0.0528. The average Bonchev–Trinajstić information content (AvgIpc) is 2.36. The second kappa shape index (κ2) is 6.56. The Balaban J connectivity index is 1.93. The van der Waals surface area contributed by atoms with Gasteiger partial charge in [0.25, 0.3) is 5.91 Å². The van der Waals surface area contributed by atoms with Crippen LogP contribution in [0.25, 0.3) is 0 Å². The molecule has 1 aliphatic carbocycles. The van der Waals surface area contributed by atoms with E-state index in [0.717, 1.165) is 23.2 Å². The zero-order chi connectivity index (χ0) is 13.8. The Kier molecular flexibility index (Phi) is 5.03. The van der Waals surface area contributed by atoms with Crippen molar-refractivity contribution in [1.82, 2.24) is 5.32 Å². The van der Waals surface area contributed by atoms with Gasteiger partial charge in [-0.3, -0.25) is 4.79 Å². The van der Waals surface area contributed by atoms with Gasteiger partial charge in [-0.1, -0.05) is 46.0 Å². The average molecular weight is 324 g/mol. The molecular formula is C16H22BrNO. The van der Waals surface area contributed by atoms with Crippen molar-refractivity contribution in [2.75, 3.05) is 6.54 Å². The Morgan fingerprint density at radius 2 is 1.84 bits per heavy atom. The van der Waals surface area contributed by atoms with Crippen molar-refractivity contribution in [2.24, 2.45) is 5.92 Å². The van der Waals surface area contributed by atoms with Crippen molar-refractivity contribution in [2.45, 2.75) is 44.4 Å². The molecule has 2 atom stereocenters. The van der Waals surface area contributed by atoms with E-state index in [2.05, 4.69) is 27.3 Å². The summed E-state index contributed by atoms with van der Waals surface area (Å²) >= 11 is 3.73. The highest BCUT2D eigenvalue weighted by atomic mass is 79.9. The Morgan fingerprint density at radius 1 is 1.21 bits per heavy atom. The van der Waals surface area contributed by atoms with Crippen LogP contribution in [-0.2, 0) is 0 Å². The zero-order valence-corrected chi connectivity index (χ0v) is 13.3. The van der Waals surface area contributed by atoms with Gasteiger partial charge in [0.05, 0.1) is 0 Å². The normalized spacial score (nSPS) is 23.1. The van der Waals surface area contributed by atoms with Crippen LogP contribution in [0.15, 0.2) is 18.2 Å². The molecule has 0 radical (unpaired) electrons. The molecule has 19 heavy (non-hydrogen) atoms. The standard InChI is InChI=1S/C16H22BrNO/c1-11-7-12(2)9-14(8-11)16(19)18-10-13-5-3-4-6-15(13)17/h7-9,13,15H,3-6,10H2,1-2H3,(H,18,19). The van der Waals surface area contributed by atoms with E-state index in [1.54, 1.807) is 0 Å². The molecule has 3 heteroatoms. The van der Waals surface area contributed by atoms with Crippen molar-refractivity contribution in [3.63, 3.8) is 0 Å². The molecule has 0 bridgehead atoms. The van der Waals surface area contributed by atoms with Crippen molar-refractivity contribution in [1.29, 1.82) is 0 Å². The summed E-state index contributed by atoms with van der Waals surface area (Å²) in [4.78, 5) is 12.7. The number of carbonyl (C=O) groups is 1. The van der Waals surface area contributed by atoms with Gasteiger partial charge in [-0.2, -0.15) is 0 Å². The summed E-state index contributed by atoms with van der Waals surface area (Å²) in [5, 5.41) is 3.08. The third-order valence-corrected chi connectivity index (χ3v) is 5.03.